The summed E-state index contributed by atoms with van der Waals surface area (Å²) in [6.07, 6.45) is 11.9. The van der Waals surface area contributed by atoms with Crippen molar-refractivity contribution in [1.82, 2.24) is 0 Å². The maximum absolute atomic E-state index is 6.89. The summed E-state index contributed by atoms with van der Waals surface area (Å²) in [5.74, 6) is 4.10. The highest BCUT2D eigenvalue weighted by atomic mass is 16.7. The average molecular weight is 401 g/mol. The van der Waals surface area contributed by atoms with Crippen molar-refractivity contribution in [2.75, 3.05) is 19.8 Å². The minimum atomic E-state index is -0.279. The van der Waals surface area contributed by atoms with Crippen LogP contribution in [0.4, 0.5) is 0 Å². The predicted molar refractivity (Wildman–Crippen MR) is 113 cm³/mol. The van der Waals surface area contributed by atoms with Crippen molar-refractivity contribution in [3.05, 3.63) is 11.6 Å². The average Bonchev–Trinajstić information content (AvgIpc) is 3.15. The maximum atomic E-state index is 6.89. The van der Waals surface area contributed by atoms with E-state index in [1.54, 1.807) is 5.57 Å². The second-order valence-corrected chi connectivity index (χ2v) is 12.1. The van der Waals surface area contributed by atoms with Crippen LogP contribution in [-0.4, -0.2) is 31.7 Å². The Balaban J connectivity index is 1.29. The van der Waals surface area contributed by atoms with E-state index in [4.69, 9.17) is 14.2 Å². The third-order valence-corrected chi connectivity index (χ3v) is 10.9. The Bertz CT molecular complexity index is 707. The van der Waals surface area contributed by atoms with Crippen LogP contribution in [-0.2, 0) is 14.2 Å². The summed E-state index contributed by atoms with van der Waals surface area (Å²) in [7, 11) is 0. The van der Waals surface area contributed by atoms with Crippen LogP contribution in [0.15, 0.2) is 11.6 Å². The lowest BCUT2D eigenvalue weighted by Crippen LogP contribution is -2.52. The van der Waals surface area contributed by atoms with Gasteiger partial charge in [-0.15, -0.1) is 0 Å². The van der Waals surface area contributed by atoms with Crippen molar-refractivity contribution in [2.45, 2.75) is 84.5 Å². The molecule has 0 unspecified atom stereocenters. The van der Waals surface area contributed by atoms with Crippen molar-refractivity contribution < 1.29 is 14.2 Å². The highest BCUT2D eigenvalue weighted by Crippen LogP contribution is 2.70. The van der Waals surface area contributed by atoms with Gasteiger partial charge in [0.1, 0.15) is 0 Å². The van der Waals surface area contributed by atoms with Gasteiger partial charge in [0.05, 0.1) is 19.3 Å². The number of hydrogen-bond donors (Lipinski definition) is 0. The Morgan fingerprint density at radius 3 is 2.69 bits per heavy atom. The van der Waals surface area contributed by atoms with Gasteiger partial charge in [-0.1, -0.05) is 33.8 Å². The highest BCUT2D eigenvalue weighted by molar-refractivity contribution is 5.25. The second kappa shape index (κ2) is 6.33. The Hall–Kier alpha value is -0.380. The summed E-state index contributed by atoms with van der Waals surface area (Å²) in [6, 6.07) is 0. The number of hydrogen-bond acceptors (Lipinski definition) is 3. The zero-order valence-corrected chi connectivity index (χ0v) is 18.9. The van der Waals surface area contributed by atoms with Gasteiger partial charge in [-0.3, -0.25) is 0 Å². The second-order valence-electron chi connectivity index (χ2n) is 12.1. The molecule has 1 spiro atoms. The molecule has 2 saturated carbocycles. The molecular formula is C26H40O3. The molecule has 3 aliphatic heterocycles. The zero-order valence-electron chi connectivity index (χ0n) is 18.9. The van der Waals surface area contributed by atoms with E-state index >= 15 is 0 Å². The fourth-order valence-corrected chi connectivity index (χ4v) is 9.21. The van der Waals surface area contributed by atoms with Gasteiger partial charge in [0, 0.05) is 18.9 Å². The standard InChI is InChI=1S/C26H40O3/c1-16-7-10-26(28-14-16)17(2)23-22(29-26)13-21-19-6-5-18-15-27-12-11-24(18,3)20(19)8-9-25(21,23)4/h5,16-17,19-23H,6-15H2,1-4H3/t16-,17+,19-,20+,21+,22+,23+,24+,25+,26-/m1/s1. The van der Waals surface area contributed by atoms with Gasteiger partial charge in [0.15, 0.2) is 5.79 Å². The molecule has 6 rings (SSSR count). The van der Waals surface area contributed by atoms with E-state index < -0.39 is 0 Å². The van der Waals surface area contributed by atoms with Gasteiger partial charge in [-0.05, 0) is 84.5 Å². The molecule has 3 heterocycles. The largest absolute Gasteiger partial charge is 0.377 e. The van der Waals surface area contributed by atoms with E-state index in [-0.39, 0.29) is 5.79 Å². The molecule has 0 aromatic carbocycles. The number of rotatable bonds is 0. The lowest BCUT2D eigenvalue weighted by molar-refractivity contribution is -0.272. The number of allylic oxidation sites excluding steroid dienone is 1. The highest BCUT2D eigenvalue weighted by Gasteiger charge is 2.68. The van der Waals surface area contributed by atoms with Crippen LogP contribution in [0.3, 0.4) is 0 Å². The summed E-state index contributed by atoms with van der Waals surface area (Å²) >= 11 is 0. The Morgan fingerprint density at radius 2 is 1.90 bits per heavy atom. The molecule has 5 fully saturated rings. The first-order chi connectivity index (χ1) is 13.9. The fourth-order valence-electron chi connectivity index (χ4n) is 9.21. The molecule has 10 atom stereocenters. The molecular weight excluding hydrogens is 360 g/mol. The third kappa shape index (κ3) is 2.47. The first-order valence-electron chi connectivity index (χ1n) is 12.5. The van der Waals surface area contributed by atoms with Crippen molar-refractivity contribution in [3.8, 4) is 0 Å². The smallest absolute Gasteiger partial charge is 0.171 e. The van der Waals surface area contributed by atoms with Crippen LogP contribution in [0.5, 0.6) is 0 Å². The first kappa shape index (κ1) is 19.3. The van der Waals surface area contributed by atoms with Gasteiger partial charge in [-0.2, -0.15) is 0 Å². The van der Waals surface area contributed by atoms with E-state index in [1.165, 1.54) is 38.5 Å². The van der Waals surface area contributed by atoms with E-state index in [1.807, 2.05) is 0 Å². The molecule has 0 bridgehead atoms. The molecule has 0 N–H and O–H groups in total. The minimum absolute atomic E-state index is 0.279. The van der Waals surface area contributed by atoms with E-state index in [0.717, 1.165) is 44.0 Å². The van der Waals surface area contributed by atoms with Crippen LogP contribution < -0.4 is 0 Å². The molecule has 6 aliphatic rings. The Morgan fingerprint density at radius 1 is 1.03 bits per heavy atom. The van der Waals surface area contributed by atoms with Crippen LogP contribution in [0.25, 0.3) is 0 Å². The van der Waals surface area contributed by atoms with Crippen molar-refractivity contribution in [1.29, 1.82) is 0 Å². The topological polar surface area (TPSA) is 27.7 Å². The van der Waals surface area contributed by atoms with E-state index in [2.05, 4.69) is 33.8 Å². The molecule has 0 aromatic rings. The quantitative estimate of drug-likeness (QED) is 0.496. The fraction of sp³-hybridized carbons (Fsp3) is 0.923. The summed E-state index contributed by atoms with van der Waals surface area (Å²) < 4.78 is 19.2. The normalized spacial score (nSPS) is 58.9. The monoisotopic (exact) mass is 400 g/mol. The van der Waals surface area contributed by atoms with Crippen LogP contribution >= 0.6 is 0 Å². The summed E-state index contributed by atoms with van der Waals surface area (Å²) in [5.41, 5.74) is 2.42. The predicted octanol–water partition coefficient (Wildman–Crippen LogP) is 5.59. The third-order valence-electron chi connectivity index (χ3n) is 10.9. The molecule has 0 amide bonds. The molecule has 3 aliphatic carbocycles. The first-order valence-corrected chi connectivity index (χ1v) is 12.5. The molecule has 3 heteroatoms. The van der Waals surface area contributed by atoms with Gasteiger partial charge in [0.2, 0.25) is 0 Å². The van der Waals surface area contributed by atoms with Gasteiger partial charge in [-0.25, -0.2) is 0 Å². The van der Waals surface area contributed by atoms with Gasteiger partial charge in [0.25, 0.3) is 0 Å². The maximum Gasteiger partial charge on any atom is 0.171 e. The van der Waals surface area contributed by atoms with Crippen LogP contribution in [0, 0.1) is 46.3 Å². The minimum Gasteiger partial charge on any atom is -0.377 e. The summed E-state index contributed by atoms with van der Waals surface area (Å²) in [4.78, 5) is 0. The van der Waals surface area contributed by atoms with Crippen molar-refractivity contribution >= 4 is 0 Å². The van der Waals surface area contributed by atoms with Gasteiger partial charge < -0.3 is 14.2 Å². The molecule has 3 nitrogen and oxygen atoms in total. The molecule has 0 radical (unpaired) electrons. The molecule has 162 valence electrons. The zero-order chi connectivity index (χ0) is 20.0. The lowest BCUT2D eigenvalue weighted by Gasteiger charge is -2.58. The summed E-state index contributed by atoms with van der Waals surface area (Å²) in [6.45, 7) is 12.7. The van der Waals surface area contributed by atoms with Crippen LogP contribution in [0.2, 0.25) is 0 Å². The van der Waals surface area contributed by atoms with E-state index in [9.17, 15) is 0 Å². The number of fused-ring (bicyclic) bond motifs is 7. The van der Waals surface area contributed by atoms with Crippen LogP contribution in [0.1, 0.15) is 72.6 Å². The summed E-state index contributed by atoms with van der Waals surface area (Å²) in [5, 5.41) is 0. The molecule has 0 aromatic heterocycles. The van der Waals surface area contributed by atoms with Gasteiger partial charge >= 0.3 is 0 Å². The lowest BCUT2D eigenvalue weighted by atomic mass is 9.48. The Labute approximate surface area is 176 Å². The Kier molecular flexibility index (Phi) is 4.21. The molecule has 3 saturated heterocycles. The SMILES string of the molecule is C[C@@H]1CC[C@@]2(OC1)O[C@H]1C[C@H]3[C@@H]4CC=C5COCC[C@]5(C)[C@H]4CC[C@]3(C)[C@H]1[C@@H]2C. The van der Waals surface area contributed by atoms with Crippen molar-refractivity contribution in [3.63, 3.8) is 0 Å². The molecule has 29 heavy (non-hydrogen) atoms. The van der Waals surface area contributed by atoms with Crippen molar-refractivity contribution in [2.24, 2.45) is 46.3 Å². The number of ether oxygens (including phenoxy) is 3. The van der Waals surface area contributed by atoms with E-state index in [0.29, 0.717) is 34.7 Å².